The number of fused-ring (bicyclic) bond motifs is 1. The fourth-order valence-electron chi connectivity index (χ4n) is 5.29. The summed E-state index contributed by atoms with van der Waals surface area (Å²) in [5.74, 6) is -0.753. The number of ether oxygens (including phenoxy) is 1. The lowest BCUT2D eigenvalue weighted by molar-refractivity contribution is -0.155. The van der Waals surface area contributed by atoms with Gasteiger partial charge in [0, 0.05) is 24.8 Å². The van der Waals surface area contributed by atoms with E-state index in [2.05, 4.69) is 0 Å². The zero-order valence-electron chi connectivity index (χ0n) is 20.0. The summed E-state index contributed by atoms with van der Waals surface area (Å²) < 4.78 is 33.5. The molecule has 1 aromatic heterocycles. The molecule has 9 heteroatoms. The van der Waals surface area contributed by atoms with Gasteiger partial charge in [-0.3, -0.25) is 9.59 Å². The Bertz CT molecular complexity index is 1350. The van der Waals surface area contributed by atoms with Gasteiger partial charge in [0.25, 0.3) is 15.9 Å². The van der Waals surface area contributed by atoms with Crippen LogP contribution in [0.15, 0.2) is 76.3 Å². The fourth-order valence-corrected chi connectivity index (χ4v) is 7.88. The van der Waals surface area contributed by atoms with Crippen molar-refractivity contribution in [1.82, 2.24) is 4.31 Å². The predicted octanol–water partition coefficient (Wildman–Crippen LogP) is 3.99. The number of carbonyl (C=O) groups excluding carboxylic acids is 2. The highest BCUT2D eigenvalue weighted by Crippen LogP contribution is 2.39. The number of anilines is 1. The minimum absolute atomic E-state index is 0.0117. The smallest absolute Gasteiger partial charge is 0.317 e. The minimum atomic E-state index is -3.61. The van der Waals surface area contributed by atoms with Crippen LogP contribution in [0.2, 0.25) is 0 Å². The molecule has 1 atom stereocenters. The Morgan fingerprint density at radius 1 is 1.00 bits per heavy atom. The first-order valence-electron chi connectivity index (χ1n) is 12.0. The van der Waals surface area contributed by atoms with E-state index in [0.29, 0.717) is 4.21 Å². The molecule has 7 nitrogen and oxygen atoms in total. The number of sulfonamides is 1. The summed E-state index contributed by atoms with van der Waals surface area (Å²) in [5.41, 5.74) is 1.72. The summed E-state index contributed by atoms with van der Waals surface area (Å²) in [6.07, 6.45) is 1.31. The van der Waals surface area contributed by atoms with Gasteiger partial charge in [0.15, 0.2) is 6.61 Å². The predicted molar refractivity (Wildman–Crippen MR) is 138 cm³/mol. The van der Waals surface area contributed by atoms with Crippen molar-refractivity contribution >= 4 is 38.9 Å². The van der Waals surface area contributed by atoms with Crippen molar-refractivity contribution in [3.8, 4) is 0 Å². The normalized spacial score (nSPS) is 19.6. The van der Waals surface area contributed by atoms with Crippen molar-refractivity contribution in [2.45, 2.75) is 41.9 Å². The van der Waals surface area contributed by atoms with Crippen LogP contribution in [0.25, 0.3) is 0 Å². The Balaban J connectivity index is 1.33. The van der Waals surface area contributed by atoms with Gasteiger partial charge in [0.05, 0.1) is 5.41 Å². The Labute approximate surface area is 215 Å². The first kappa shape index (κ1) is 24.7. The molecule has 3 aromatic rings. The molecule has 0 bridgehead atoms. The molecule has 0 saturated carbocycles. The van der Waals surface area contributed by atoms with Crippen LogP contribution < -0.4 is 4.90 Å². The maximum atomic E-state index is 13.6. The summed E-state index contributed by atoms with van der Waals surface area (Å²) >= 11 is 1.18. The maximum Gasteiger partial charge on any atom is 0.317 e. The Hall–Kier alpha value is -3.01. The van der Waals surface area contributed by atoms with Crippen LogP contribution >= 0.6 is 11.3 Å². The van der Waals surface area contributed by atoms with Crippen molar-refractivity contribution < 1.29 is 22.7 Å². The molecule has 5 rings (SSSR count). The molecule has 1 amide bonds. The van der Waals surface area contributed by atoms with Gasteiger partial charge in [-0.05, 0) is 54.8 Å². The summed E-state index contributed by atoms with van der Waals surface area (Å²) in [4.78, 5) is 28.4. The molecule has 36 heavy (non-hydrogen) atoms. The number of piperidine rings is 1. The van der Waals surface area contributed by atoms with Crippen LogP contribution in [0.4, 0.5) is 5.69 Å². The van der Waals surface area contributed by atoms with Gasteiger partial charge in [-0.2, -0.15) is 4.31 Å². The van der Waals surface area contributed by atoms with E-state index in [9.17, 15) is 18.0 Å². The standard InChI is InChI=1S/C27H28N2O5S2/c1-20-18-21-8-5-6-11-23(21)29(20)24(30)19-34-26(31)27(22-9-3-2-4-10-22)13-15-28(16-14-27)36(32,33)25-12-7-17-35-25/h2-12,17,20H,13-16,18-19H2,1H3/t20-/m0/s1. The van der Waals surface area contributed by atoms with E-state index in [1.807, 2.05) is 61.5 Å². The molecular weight excluding hydrogens is 496 g/mol. The molecule has 3 heterocycles. The SMILES string of the molecule is C[C@H]1Cc2ccccc2N1C(=O)COC(=O)C1(c2ccccc2)CCN(S(=O)(=O)c2cccs2)CC1. The lowest BCUT2D eigenvalue weighted by Crippen LogP contribution is -2.50. The Morgan fingerprint density at radius 2 is 1.69 bits per heavy atom. The highest BCUT2D eigenvalue weighted by molar-refractivity contribution is 7.91. The largest absolute Gasteiger partial charge is 0.455 e. The molecule has 188 valence electrons. The minimum Gasteiger partial charge on any atom is -0.455 e. The monoisotopic (exact) mass is 524 g/mol. The van der Waals surface area contributed by atoms with Crippen LogP contribution in [0.1, 0.15) is 30.9 Å². The number of benzene rings is 2. The zero-order valence-corrected chi connectivity index (χ0v) is 21.6. The lowest BCUT2D eigenvalue weighted by Gasteiger charge is -2.39. The van der Waals surface area contributed by atoms with Crippen LogP contribution in [-0.4, -0.2) is 50.3 Å². The fraction of sp³-hybridized carbons (Fsp3) is 0.333. The number of thiophene rings is 1. The Kier molecular flexibility index (Phi) is 6.72. The van der Waals surface area contributed by atoms with Gasteiger partial charge >= 0.3 is 5.97 Å². The molecular formula is C27H28N2O5S2. The molecule has 1 saturated heterocycles. The molecule has 1 fully saturated rings. The van der Waals surface area contributed by atoms with Crippen molar-refractivity contribution in [3.05, 3.63) is 83.2 Å². The number of esters is 1. The van der Waals surface area contributed by atoms with Crippen LogP contribution in [0.3, 0.4) is 0 Å². The topological polar surface area (TPSA) is 84.0 Å². The quantitative estimate of drug-likeness (QED) is 0.456. The number of rotatable bonds is 6. The third-order valence-corrected chi connectivity index (χ3v) is 10.5. The van der Waals surface area contributed by atoms with Crippen LogP contribution in [-0.2, 0) is 36.2 Å². The van der Waals surface area contributed by atoms with Crippen molar-refractivity contribution in [1.29, 1.82) is 0 Å². The van der Waals surface area contributed by atoms with Gasteiger partial charge < -0.3 is 9.64 Å². The summed E-state index contributed by atoms with van der Waals surface area (Å²) in [6, 6.07) is 20.4. The zero-order chi connectivity index (χ0) is 25.3. The van der Waals surface area contributed by atoms with E-state index in [-0.39, 0.29) is 44.5 Å². The second kappa shape index (κ2) is 9.80. The maximum absolute atomic E-state index is 13.6. The summed E-state index contributed by atoms with van der Waals surface area (Å²) in [7, 11) is -3.61. The van der Waals surface area contributed by atoms with E-state index in [1.165, 1.54) is 15.6 Å². The first-order chi connectivity index (χ1) is 17.3. The Morgan fingerprint density at radius 3 is 2.39 bits per heavy atom. The second-order valence-corrected chi connectivity index (χ2v) is 12.4. The number of para-hydroxylation sites is 1. The van der Waals surface area contributed by atoms with Gasteiger partial charge in [-0.25, -0.2) is 8.42 Å². The molecule has 0 N–H and O–H groups in total. The molecule has 2 aliphatic rings. The third kappa shape index (κ3) is 4.36. The van der Waals surface area contributed by atoms with E-state index < -0.39 is 21.4 Å². The van der Waals surface area contributed by atoms with Crippen LogP contribution in [0.5, 0.6) is 0 Å². The average Bonchev–Trinajstić information content (AvgIpc) is 3.56. The van der Waals surface area contributed by atoms with Gasteiger partial charge in [-0.15, -0.1) is 11.3 Å². The van der Waals surface area contributed by atoms with E-state index in [1.54, 1.807) is 22.4 Å². The summed E-state index contributed by atoms with van der Waals surface area (Å²) in [6.45, 7) is 2.00. The highest BCUT2D eigenvalue weighted by atomic mass is 32.2. The van der Waals surface area contributed by atoms with Crippen molar-refractivity contribution in [2.75, 3.05) is 24.6 Å². The number of carbonyl (C=O) groups is 2. The summed E-state index contributed by atoms with van der Waals surface area (Å²) in [5, 5.41) is 1.74. The van der Waals surface area contributed by atoms with Crippen molar-refractivity contribution in [2.24, 2.45) is 0 Å². The molecule has 0 spiro atoms. The molecule has 2 aliphatic heterocycles. The number of amides is 1. The lowest BCUT2D eigenvalue weighted by atomic mass is 9.73. The van der Waals surface area contributed by atoms with Gasteiger partial charge in [0.1, 0.15) is 4.21 Å². The number of hydrogen-bond donors (Lipinski definition) is 0. The molecule has 0 aliphatic carbocycles. The highest BCUT2D eigenvalue weighted by Gasteiger charge is 2.47. The average molecular weight is 525 g/mol. The molecule has 0 radical (unpaired) electrons. The van der Waals surface area contributed by atoms with E-state index in [0.717, 1.165) is 23.2 Å². The first-order valence-corrected chi connectivity index (χ1v) is 14.3. The molecule has 0 unspecified atom stereocenters. The van der Waals surface area contributed by atoms with E-state index >= 15 is 0 Å². The number of hydrogen-bond acceptors (Lipinski definition) is 6. The van der Waals surface area contributed by atoms with E-state index in [4.69, 9.17) is 4.74 Å². The van der Waals surface area contributed by atoms with Crippen molar-refractivity contribution in [3.63, 3.8) is 0 Å². The molecule has 2 aromatic carbocycles. The van der Waals surface area contributed by atoms with Gasteiger partial charge in [-0.1, -0.05) is 54.6 Å². The van der Waals surface area contributed by atoms with Crippen LogP contribution in [0, 0.1) is 0 Å². The third-order valence-electron chi connectivity index (χ3n) is 7.18. The van der Waals surface area contributed by atoms with Gasteiger partial charge in [0.2, 0.25) is 0 Å². The second-order valence-electron chi connectivity index (χ2n) is 9.31. The number of nitrogens with zero attached hydrogens (tertiary/aromatic N) is 2.